The number of aryl methyl sites for hydroxylation is 1. The molecule has 1 aliphatic heterocycles. The number of hydrogen-bond donors (Lipinski definition) is 1. The minimum absolute atomic E-state index is 0.180. The van der Waals surface area contributed by atoms with E-state index >= 15 is 0 Å². The second-order valence-corrected chi connectivity index (χ2v) is 14.4. The van der Waals surface area contributed by atoms with Gasteiger partial charge in [-0.15, -0.1) is 0 Å². The van der Waals surface area contributed by atoms with E-state index in [-0.39, 0.29) is 17.2 Å². The number of ether oxygens (including phenoxy) is 2. The van der Waals surface area contributed by atoms with Crippen molar-refractivity contribution in [2.75, 3.05) is 6.61 Å². The molecule has 0 aliphatic carbocycles. The summed E-state index contributed by atoms with van der Waals surface area (Å²) in [5, 5.41) is 11.0. The van der Waals surface area contributed by atoms with Crippen LogP contribution in [0, 0.1) is 0 Å². The maximum absolute atomic E-state index is 10.8. The lowest BCUT2D eigenvalue weighted by molar-refractivity contribution is -0.334. The Bertz CT molecular complexity index is 580. The van der Waals surface area contributed by atoms with Gasteiger partial charge in [0.25, 0.3) is 0 Å². The van der Waals surface area contributed by atoms with Gasteiger partial charge in [-0.25, -0.2) is 0 Å². The van der Waals surface area contributed by atoms with Crippen molar-refractivity contribution in [1.29, 1.82) is 0 Å². The second kappa shape index (κ2) is 8.74. The van der Waals surface area contributed by atoms with Crippen LogP contribution in [0.25, 0.3) is 0 Å². The quantitative estimate of drug-likeness (QED) is 0.667. The Balaban J connectivity index is 1.93. The van der Waals surface area contributed by atoms with Gasteiger partial charge >= 0.3 is 0 Å². The molecule has 27 heavy (non-hydrogen) atoms. The number of rotatable bonds is 7. The number of benzene rings is 1. The van der Waals surface area contributed by atoms with E-state index < -0.39 is 20.2 Å². The van der Waals surface area contributed by atoms with Gasteiger partial charge in [0.15, 0.2) is 14.1 Å². The molecule has 1 unspecified atom stereocenters. The first-order valence-electron chi connectivity index (χ1n) is 10.1. The van der Waals surface area contributed by atoms with E-state index in [1.54, 1.807) is 0 Å². The van der Waals surface area contributed by atoms with E-state index in [0.717, 1.165) is 12.8 Å². The number of aliphatic hydroxyl groups excluding tert-OH is 1. The molecule has 1 aliphatic rings. The molecule has 1 N–H and O–H groups in total. The van der Waals surface area contributed by atoms with Crippen molar-refractivity contribution in [3.63, 3.8) is 0 Å². The lowest BCUT2D eigenvalue weighted by Crippen LogP contribution is -2.54. The fourth-order valence-corrected chi connectivity index (χ4v) is 4.26. The SMILES string of the molecule is CC1(C)O[C@@H](CCO[Si](C)(C)C(C)(C)C)C(O)[C@H](CCc2ccccc2)O1. The molecule has 1 aromatic rings. The molecule has 0 amide bonds. The molecule has 0 saturated carbocycles. The fraction of sp³-hybridized carbons (Fsp3) is 0.727. The third kappa shape index (κ3) is 6.40. The van der Waals surface area contributed by atoms with Gasteiger partial charge in [-0.05, 0) is 56.8 Å². The van der Waals surface area contributed by atoms with E-state index in [2.05, 4.69) is 46.0 Å². The lowest BCUT2D eigenvalue weighted by atomic mass is 9.96. The Morgan fingerprint density at radius 1 is 1.04 bits per heavy atom. The molecule has 0 aromatic heterocycles. The van der Waals surface area contributed by atoms with Crippen LogP contribution in [0.3, 0.4) is 0 Å². The smallest absolute Gasteiger partial charge is 0.191 e. The van der Waals surface area contributed by atoms with Crippen LogP contribution < -0.4 is 0 Å². The Labute approximate surface area is 166 Å². The maximum Gasteiger partial charge on any atom is 0.191 e. The third-order valence-electron chi connectivity index (χ3n) is 5.86. The van der Waals surface area contributed by atoms with E-state index in [0.29, 0.717) is 13.0 Å². The van der Waals surface area contributed by atoms with Gasteiger partial charge in [-0.2, -0.15) is 0 Å². The Morgan fingerprint density at radius 3 is 2.15 bits per heavy atom. The van der Waals surface area contributed by atoms with Crippen molar-refractivity contribution in [2.24, 2.45) is 0 Å². The zero-order chi connectivity index (χ0) is 20.3. The molecule has 4 nitrogen and oxygen atoms in total. The van der Waals surface area contributed by atoms with Gasteiger partial charge in [0.05, 0.1) is 12.2 Å². The van der Waals surface area contributed by atoms with E-state index in [1.807, 2.05) is 32.0 Å². The molecule has 1 fully saturated rings. The fourth-order valence-electron chi connectivity index (χ4n) is 3.20. The lowest BCUT2D eigenvalue weighted by Gasteiger charge is -2.44. The van der Waals surface area contributed by atoms with E-state index in [9.17, 15) is 5.11 Å². The zero-order valence-corrected chi connectivity index (χ0v) is 19.1. The second-order valence-electron chi connectivity index (χ2n) is 9.62. The molecule has 3 atom stereocenters. The van der Waals surface area contributed by atoms with E-state index in [1.165, 1.54) is 5.56 Å². The molecular weight excluding hydrogens is 356 g/mol. The Hall–Kier alpha value is -0.723. The van der Waals surface area contributed by atoms with Gasteiger partial charge < -0.3 is 19.0 Å². The highest BCUT2D eigenvalue weighted by Gasteiger charge is 2.43. The first-order valence-corrected chi connectivity index (χ1v) is 13.0. The maximum atomic E-state index is 10.8. The first kappa shape index (κ1) is 22.6. The molecule has 1 aromatic carbocycles. The summed E-state index contributed by atoms with van der Waals surface area (Å²) >= 11 is 0. The van der Waals surface area contributed by atoms with Crippen molar-refractivity contribution in [1.82, 2.24) is 0 Å². The molecule has 5 heteroatoms. The average Bonchev–Trinajstić information content (AvgIpc) is 2.56. The summed E-state index contributed by atoms with van der Waals surface area (Å²) in [4.78, 5) is 0. The van der Waals surface area contributed by atoms with Crippen molar-refractivity contribution >= 4 is 8.32 Å². The summed E-state index contributed by atoms with van der Waals surface area (Å²) in [6.07, 6.45) is 1.21. The highest BCUT2D eigenvalue weighted by Crippen LogP contribution is 2.37. The molecule has 0 bridgehead atoms. The van der Waals surface area contributed by atoms with Crippen molar-refractivity contribution in [3.8, 4) is 0 Å². The van der Waals surface area contributed by atoms with Crippen LogP contribution in [0.2, 0.25) is 18.1 Å². The van der Waals surface area contributed by atoms with Crippen molar-refractivity contribution in [2.45, 2.75) is 96.1 Å². The molecule has 2 rings (SSSR count). The van der Waals surface area contributed by atoms with Crippen LogP contribution in [0.1, 0.15) is 53.0 Å². The highest BCUT2D eigenvalue weighted by molar-refractivity contribution is 6.74. The predicted molar refractivity (Wildman–Crippen MR) is 112 cm³/mol. The van der Waals surface area contributed by atoms with Gasteiger partial charge in [-0.3, -0.25) is 0 Å². The Morgan fingerprint density at radius 2 is 1.59 bits per heavy atom. The largest absolute Gasteiger partial charge is 0.417 e. The van der Waals surface area contributed by atoms with Crippen LogP contribution in [-0.4, -0.2) is 44.1 Å². The minimum Gasteiger partial charge on any atom is -0.417 e. The molecule has 0 spiro atoms. The normalized spacial score (nSPS) is 26.1. The number of aliphatic hydroxyl groups is 1. The molecule has 1 heterocycles. The van der Waals surface area contributed by atoms with E-state index in [4.69, 9.17) is 13.9 Å². The first-order chi connectivity index (χ1) is 12.4. The van der Waals surface area contributed by atoms with Gasteiger partial charge in [0.2, 0.25) is 0 Å². The standard InChI is InChI=1S/C22H38O4Si/c1-21(2,3)27(6,7)24-16-15-19-20(23)18(25-22(4,5)26-19)14-13-17-11-9-8-10-12-17/h8-12,18-20,23H,13-16H2,1-7H3/t18-,19-,20?/m0/s1. The summed E-state index contributed by atoms with van der Waals surface area (Å²) in [5.74, 6) is -0.692. The summed E-state index contributed by atoms with van der Waals surface area (Å²) < 4.78 is 18.4. The molecular formula is C22H38O4Si. The van der Waals surface area contributed by atoms with Gasteiger partial charge in [-0.1, -0.05) is 51.1 Å². The number of hydrogen-bond acceptors (Lipinski definition) is 4. The Kier molecular flexibility index (Phi) is 7.31. The topological polar surface area (TPSA) is 47.9 Å². The molecule has 154 valence electrons. The van der Waals surface area contributed by atoms with Crippen LogP contribution in [0.4, 0.5) is 0 Å². The van der Waals surface area contributed by atoms with Crippen molar-refractivity contribution in [3.05, 3.63) is 35.9 Å². The summed E-state index contributed by atoms with van der Waals surface area (Å²) in [6, 6.07) is 10.3. The third-order valence-corrected chi connectivity index (χ3v) is 10.4. The van der Waals surface area contributed by atoms with Crippen LogP contribution >= 0.6 is 0 Å². The summed E-state index contributed by atoms with van der Waals surface area (Å²) in [5.41, 5.74) is 1.26. The van der Waals surface area contributed by atoms with Crippen LogP contribution in [0.5, 0.6) is 0 Å². The average molecular weight is 395 g/mol. The van der Waals surface area contributed by atoms with Gasteiger partial charge in [0.1, 0.15) is 6.10 Å². The van der Waals surface area contributed by atoms with Gasteiger partial charge in [0, 0.05) is 6.61 Å². The summed E-state index contributed by atoms with van der Waals surface area (Å²) in [7, 11) is -1.79. The molecule has 0 radical (unpaired) electrons. The predicted octanol–water partition coefficient (Wildman–Crippen LogP) is 4.91. The van der Waals surface area contributed by atoms with Crippen LogP contribution in [0.15, 0.2) is 30.3 Å². The summed E-state index contributed by atoms with van der Waals surface area (Å²) in [6.45, 7) is 15.7. The van der Waals surface area contributed by atoms with Crippen LogP contribution in [-0.2, 0) is 20.3 Å². The molecule has 1 saturated heterocycles. The highest BCUT2D eigenvalue weighted by atomic mass is 28.4. The monoisotopic (exact) mass is 394 g/mol. The zero-order valence-electron chi connectivity index (χ0n) is 18.1. The van der Waals surface area contributed by atoms with Crippen molar-refractivity contribution < 1.29 is 19.0 Å². The minimum atomic E-state index is -1.79.